The summed E-state index contributed by atoms with van der Waals surface area (Å²) in [6, 6.07) is 17.7. The number of aryl methyl sites for hydroxylation is 2. The summed E-state index contributed by atoms with van der Waals surface area (Å²) in [6.07, 6.45) is 1.53. The second-order valence-electron chi connectivity index (χ2n) is 9.21. The molecule has 8 heteroatoms. The number of nitrogens with zero attached hydrogens (tertiary/aromatic N) is 5. The van der Waals surface area contributed by atoms with Crippen LogP contribution in [0.1, 0.15) is 42.8 Å². The van der Waals surface area contributed by atoms with Crippen LogP contribution in [0.3, 0.4) is 0 Å². The predicted molar refractivity (Wildman–Crippen MR) is 139 cm³/mol. The minimum atomic E-state index is -0.0142. The van der Waals surface area contributed by atoms with Crippen molar-refractivity contribution in [2.75, 3.05) is 18.0 Å². The maximum absolute atomic E-state index is 12.9. The highest BCUT2D eigenvalue weighted by atomic mass is 35.5. The van der Waals surface area contributed by atoms with E-state index in [4.69, 9.17) is 16.7 Å². The number of halogens is 1. The number of fused-ring (bicyclic) bond motifs is 1. The third-order valence-corrected chi connectivity index (χ3v) is 7.13. The summed E-state index contributed by atoms with van der Waals surface area (Å²) in [6.45, 7) is 7.51. The third-order valence-electron chi connectivity index (χ3n) is 6.88. The Morgan fingerprint density at radius 2 is 1.71 bits per heavy atom. The van der Waals surface area contributed by atoms with Crippen LogP contribution < -0.4 is 10.2 Å². The van der Waals surface area contributed by atoms with Crippen molar-refractivity contribution in [3.8, 4) is 5.69 Å². The molecular weight excluding hydrogens is 460 g/mol. The van der Waals surface area contributed by atoms with Gasteiger partial charge in [-0.3, -0.25) is 4.79 Å². The number of carbonyl (C=O) groups excluding carboxylic acids is 1. The standard InChI is InChI=1S/C27H29ClN6O/c1-17(20-7-5-4-6-8-20)29-27(35)21-13-15-33(16-14-21)26-25-24(18(2)30-31-26)19(3)34(32-25)23-11-9-22(28)10-12-23/h4-12,17,21H,13-16H2,1-3H3,(H,29,35)/t17-/m1/s1. The number of amides is 1. The number of benzene rings is 2. The van der Waals surface area contributed by atoms with E-state index in [-0.39, 0.29) is 17.9 Å². The van der Waals surface area contributed by atoms with Gasteiger partial charge >= 0.3 is 0 Å². The lowest BCUT2D eigenvalue weighted by Gasteiger charge is -2.32. The number of hydrogen-bond donors (Lipinski definition) is 1. The summed E-state index contributed by atoms with van der Waals surface area (Å²) in [5, 5.41) is 18.8. The van der Waals surface area contributed by atoms with Gasteiger partial charge in [0.2, 0.25) is 5.91 Å². The summed E-state index contributed by atoms with van der Waals surface area (Å²) < 4.78 is 1.92. The summed E-state index contributed by atoms with van der Waals surface area (Å²) in [5.41, 5.74) is 4.76. The van der Waals surface area contributed by atoms with Crippen molar-refractivity contribution >= 4 is 34.2 Å². The van der Waals surface area contributed by atoms with E-state index in [1.807, 2.05) is 80.1 Å². The van der Waals surface area contributed by atoms with Crippen molar-refractivity contribution in [1.82, 2.24) is 25.3 Å². The topological polar surface area (TPSA) is 75.9 Å². The Kier molecular flexibility index (Phi) is 6.43. The van der Waals surface area contributed by atoms with Gasteiger partial charge in [-0.25, -0.2) is 4.68 Å². The van der Waals surface area contributed by atoms with Gasteiger partial charge in [0.05, 0.1) is 28.5 Å². The molecule has 2 aromatic heterocycles. The summed E-state index contributed by atoms with van der Waals surface area (Å²) in [4.78, 5) is 15.1. The Bertz CT molecular complexity index is 1340. The van der Waals surface area contributed by atoms with Gasteiger partial charge in [-0.1, -0.05) is 41.9 Å². The highest BCUT2D eigenvalue weighted by Gasteiger charge is 2.29. The molecule has 3 heterocycles. The van der Waals surface area contributed by atoms with Gasteiger partial charge in [0.15, 0.2) is 5.82 Å². The number of carbonyl (C=O) groups is 1. The number of aromatic nitrogens is 4. The second-order valence-corrected chi connectivity index (χ2v) is 9.64. The molecule has 7 nitrogen and oxygen atoms in total. The smallest absolute Gasteiger partial charge is 0.223 e. The van der Waals surface area contributed by atoms with Gasteiger partial charge in [-0.2, -0.15) is 10.2 Å². The molecule has 1 aliphatic rings. The molecule has 0 radical (unpaired) electrons. The minimum Gasteiger partial charge on any atom is -0.353 e. The zero-order chi connectivity index (χ0) is 24.5. The SMILES string of the molecule is Cc1nnc(N2CCC(C(=O)N[C@H](C)c3ccccc3)CC2)c2nn(-c3ccc(Cl)cc3)c(C)c12. The van der Waals surface area contributed by atoms with E-state index in [0.717, 1.165) is 65.3 Å². The number of hydrogen-bond acceptors (Lipinski definition) is 5. The lowest BCUT2D eigenvalue weighted by atomic mass is 9.95. The third kappa shape index (κ3) is 4.60. The molecule has 1 N–H and O–H groups in total. The molecule has 1 amide bonds. The Morgan fingerprint density at radius 3 is 2.40 bits per heavy atom. The van der Waals surface area contributed by atoms with Gasteiger partial charge in [0.1, 0.15) is 5.52 Å². The fraction of sp³-hybridized carbons (Fsp3) is 0.333. The lowest BCUT2D eigenvalue weighted by Crippen LogP contribution is -2.41. The van der Waals surface area contributed by atoms with Crippen molar-refractivity contribution in [2.24, 2.45) is 5.92 Å². The van der Waals surface area contributed by atoms with Crippen LogP contribution in [0.5, 0.6) is 0 Å². The molecule has 5 rings (SSSR count). The average molecular weight is 489 g/mol. The fourth-order valence-corrected chi connectivity index (χ4v) is 4.99. The van der Waals surface area contributed by atoms with Crippen LogP contribution in [0.15, 0.2) is 54.6 Å². The first-order valence-corrected chi connectivity index (χ1v) is 12.4. The van der Waals surface area contributed by atoms with Crippen LogP contribution in [0.2, 0.25) is 5.02 Å². The number of piperidine rings is 1. The maximum Gasteiger partial charge on any atom is 0.223 e. The van der Waals surface area contributed by atoms with E-state index >= 15 is 0 Å². The monoisotopic (exact) mass is 488 g/mol. The Hall–Kier alpha value is -3.45. The van der Waals surface area contributed by atoms with E-state index in [2.05, 4.69) is 20.4 Å². The van der Waals surface area contributed by atoms with E-state index in [9.17, 15) is 4.79 Å². The van der Waals surface area contributed by atoms with E-state index in [1.54, 1.807) is 0 Å². The Morgan fingerprint density at radius 1 is 1.03 bits per heavy atom. The molecule has 1 atom stereocenters. The molecule has 2 aromatic carbocycles. The normalized spacial score (nSPS) is 15.4. The van der Waals surface area contributed by atoms with Crippen molar-refractivity contribution in [3.05, 3.63) is 76.6 Å². The Balaban J connectivity index is 1.33. The second kappa shape index (κ2) is 9.66. The number of nitrogens with one attached hydrogen (secondary N) is 1. The minimum absolute atomic E-state index is 0.0101. The van der Waals surface area contributed by atoms with E-state index in [0.29, 0.717) is 5.02 Å². The van der Waals surface area contributed by atoms with E-state index in [1.165, 1.54) is 0 Å². The Labute approximate surface area is 210 Å². The first-order chi connectivity index (χ1) is 16.9. The summed E-state index contributed by atoms with van der Waals surface area (Å²) in [5.74, 6) is 0.876. The quantitative estimate of drug-likeness (QED) is 0.419. The molecule has 180 valence electrons. The summed E-state index contributed by atoms with van der Waals surface area (Å²) >= 11 is 6.08. The molecule has 0 spiro atoms. The van der Waals surface area contributed by atoms with Crippen LogP contribution in [0.25, 0.3) is 16.6 Å². The zero-order valence-corrected chi connectivity index (χ0v) is 21.0. The lowest BCUT2D eigenvalue weighted by molar-refractivity contribution is -0.126. The first-order valence-electron chi connectivity index (χ1n) is 12.0. The average Bonchev–Trinajstić information content (AvgIpc) is 3.23. The fourth-order valence-electron chi connectivity index (χ4n) is 4.87. The molecule has 1 aliphatic heterocycles. The maximum atomic E-state index is 12.9. The van der Waals surface area contributed by atoms with Crippen LogP contribution in [0, 0.1) is 19.8 Å². The van der Waals surface area contributed by atoms with Crippen molar-refractivity contribution < 1.29 is 4.79 Å². The van der Waals surface area contributed by atoms with Crippen LogP contribution in [-0.4, -0.2) is 39.0 Å². The van der Waals surface area contributed by atoms with Gasteiger partial charge in [0.25, 0.3) is 0 Å². The van der Waals surface area contributed by atoms with Crippen molar-refractivity contribution in [2.45, 2.75) is 39.7 Å². The molecule has 0 saturated carbocycles. The highest BCUT2D eigenvalue weighted by molar-refractivity contribution is 6.30. The van der Waals surface area contributed by atoms with Crippen LogP contribution in [0.4, 0.5) is 5.82 Å². The molecule has 4 aromatic rings. The number of anilines is 1. The molecule has 1 saturated heterocycles. The van der Waals surface area contributed by atoms with Crippen LogP contribution >= 0.6 is 11.6 Å². The van der Waals surface area contributed by atoms with Crippen molar-refractivity contribution in [3.63, 3.8) is 0 Å². The van der Waals surface area contributed by atoms with E-state index < -0.39 is 0 Å². The molecular formula is C27H29ClN6O. The zero-order valence-electron chi connectivity index (χ0n) is 20.2. The molecule has 35 heavy (non-hydrogen) atoms. The molecule has 0 unspecified atom stereocenters. The largest absolute Gasteiger partial charge is 0.353 e. The summed E-state index contributed by atoms with van der Waals surface area (Å²) in [7, 11) is 0. The predicted octanol–water partition coefficient (Wildman–Crippen LogP) is 5.18. The molecule has 0 bridgehead atoms. The molecule has 1 fully saturated rings. The van der Waals surface area contributed by atoms with Crippen LogP contribution in [-0.2, 0) is 4.79 Å². The molecule has 0 aliphatic carbocycles. The first kappa shape index (κ1) is 23.3. The number of rotatable bonds is 5. The van der Waals surface area contributed by atoms with Gasteiger partial charge in [0, 0.05) is 24.0 Å². The van der Waals surface area contributed by atoms with Gasteiger partial charge in [-0.05, 0) is 63.4 Å². The highest BCUT2D eigenvalue weighted by Crippen LogP contribution is 2.32. The van der Waals surface area contributed by atoms with Gasteiger partial charge in [-0.15, -0.1) is 5.10 Å². The van der Waals surface area contributed by atoms with Crippen molar-refractivity contribution in [1.29, 1.82) is 0 Å². The van der Waals surface area contributed by atoms with Gasteiger partial charge < -0.3 is 10.2 Å².